The van der Waals surface area contributed by atoms with E-state index in [1.807, 2.05) is 12.1 Å². The first kappa shape index (κ1) is 20.8. The maximum atomic E-state index is 12.6. The number of rotatable bonds is 7. The summed E-state index contributed by atoms with van der Waals surface area (Å²) < 4.78 is 0. The molecule has 0 aliphatic rings. The first-order valence-corrected chi connectivity index (χ1v) is 10.0. The van der Waals surface area contributed by atoms with E-state index in [0.29, 0.717) is 28.9 Å². The van der Waals surface area contributed by atoms with Gasteiger partial charge in [0.05, 0.1) is 17.4 Å². The second-order valence-corrected chi connectivity index (χ2v) is 7.29. The smallest absolute Gasteiger partial charge is 0.255 e. The number of nitrogens with one attached hydrogen (secondary N) is 3. The van der Waals surface area contributed by atoms with Gasteiger partial charge in [0.15, 0.2) is 0 Å². The summed E-state index contributed by atoms with van der Waals surface area (Å²) in [5, 5.41) is 5.64. The average Bonchev–Trinajstić information content (AvgIpc) is 3.26. The van der Waals surface area contributed by atoms with Crippen molar-refractivity contribution in [2.24, 2.45) is 5.73 Å². The molecular weight excluding hydrogens is 406 g/mol. The normalized spacial score (nSPS) is 10.6. The van der Waals surface area contributed by atoms with Crippen molar-refractivity contribution >= 4 is 40.1 Å². The summed E-state index contributed by atoms with van der Waals surface area (Å²) in [4.78, 5) is 43.3. The van der Waals surface area contributed by atoms with Crippen LogP contribution in [-0.4, -0.2) is 27.7 Å². The van der Waals surface area contributed by atoms with Gasteiger partial charge in [0.2, 0.25) is 5.91 Å². The van der Waals surface area contributed by atoms with E-state index in [2.05, 4.69) is 20.6 Å². The molecular formula is C24H21N5O3. The van der Waals surface area contributed by atoms with E-state index in [-0.39, 0.29) is 24.1 Å². The van der Waals surface area contributed by atoms with E-state index in [9.17, 15) is 14.4 Å². The molecule has 0 atom stereocenters. The van der Waals surface area contributed by atoms with Crippen LogP contribution in [0.3, 0.4) is 0 Å². The van der Waals surface area contributed by atoms with E-state index in [1.165, 1.54) is 0 Å². The number of nitrogens with zero attached hydrogens (tertiary/aromatic N) is 1. The summed E-state index contributed by atoms with van der Waals surface area (Å²) in [5.41, 5.74) is 9.69. The van der Waals surface area contributed by atoms with Crippen LogP contribution in [0.15, 0.2) is 73.1 Å². The minimum absolute atomic E-state index is 0.278. The van der Waals surface area contributed by atoms with Crippen molar-refractivity contribution in [3.05, 3.63) is 89.7 Å². The van der Waals surface area contributed by atoms with E-state index in [1.54, 1.807) is 60.9 Å². The predicted octanol–water partition coefficient (Wildman–Crippen LogP) is 3.49. The fourth-order valence-electron chi connectivity index (χ4n) is 3.24. The molecule has 0 bridgehead atoms. The highest BCUT2D eigenvalue weighted by Gasteiger charge is 2.11. The van der Waals surface area contributed by atoms with E-state index in [4.69, 9.17) is 5.73 Å². The largest absolute Gasteiger partial charge is 0.370 e. The van der Waals surface area contributed by atoms with Crippen LogP contribution >= 0.6 is 0 Å². The Bertz CT molecular complexity index is 1290. The average molecular weight is 427 g/mol. The number of fused-ring (bicyclic) bond motifs is 1. The molecule has 0 aliphatic heterocycles. The number of amides is 3. The molecule has 5 N–H and O–H groups in total. The van der Waals surface area contributed by atoms with E-state index >= 15 is 0 Å². The molecule has 32 heavy (non-hydrogen) atoms. The second kappa shape index (κ2) is 9.13. The lowest BCUT2D eigenvalue weighted by Crippen LogP contribution is -2.14. The molecule has 4 rings (SSSR count). The number of nitrogens with two attached hydrogens (primary N) is 1. The molecule has 3 amide bonds. The Labute approximate surface area is 183 Å². The van der Waals surface area contributed by atoms with Crippen LogP contribution in [0.2, 0.25) is 0 Å². The molecule has 8 heteroatoms. The molecule has 0 spiro atoms. The van der Waals surface area contributed by atoms with Crippen LogP contribution in [0, 0.1) is 0 Å². The number of aromatic nitrogens is 2. The van der Waals surface area contributed by atoms with Gasteiger partial charge in [-0.15, -0.1) is 0 Å². The molecule has 1 heterocycles. The highest BCUT2D eigenvalue weighted by molar-refractivity contribution is 6.08. The van der Waals surface area contributed by atoms with Gasteiger partial charge in [-0.05, 0) is 60.5 Å². The molecule has 0 saturated carbocycles. The van der Waals surface area contributed by atoms with Crippen LogP contribution in [0.4, 0.5) is 11.4 Å². The third kappa shape index (κ3) is 4.99. The monoisotopic (exact) mass is 427 g/mol. The molecule has 8 nitrogen and oxygen atoms in total. The van der Waals surface area contributed by atoms with Gasteiger partial charge < -0.3 is 21.4 Å². The summed E-state index contributed by atoms with van der Waals surface area (Å²) in [6, 6.07) is 19.1. The summed E-state index contributed by atoms with van der Waals surface area (Å²) in [7, 11) is 0. The highest BCUT2D eigenvalue weighted by Crippen LogP contribution is 2.17. The number of aromatic amines is 1. The van der Waals surface area contributed by atoms with Gasteiger partial charge in [0, 0.05) is 28.9 Å². The molecule has 0 unspecified atom stereocenters. The second-order valence-electron chi connectivity index (χ2n) is 7.29. The minimum atomic E-state index is -0.351. The molecule has 3 aromatic carbocycles. The third-order valence-electron chi connectivity index (χ3n) is 4.94. The minimum Gasteiger partial charge on any atom is -0.370 e. The number of hydrogen-bond acceptors (Lipinski definition) is 4. The third-order valence-corrected chi connectivity index (χ3v) is 4.94. The van der Waals surface area contributed by atoms with Gasteiger partial charge in [-0.3, -0.25) is 14.4 Å². The number of carbonyl (C=O) groups is 3. The lowest BCUT2D eigenvalue weighted by Gasteiger charge is -2.09. The Morgan fingerprint density at radius 3 is 2.31 bits per heavy atom. The maximum Gasteiger partial charge on any atom is 0.255 e. The van der Waals surface area contributed by atoms with Crippen molar-refractivity contribution in [1.82, 2.24) is 9.97 Å². The fourth-order valence-corrected chi connectivity index (χ4v) is 3.24. The molecule has 160 valence electrons. The van der Waals surface area contributed by atoms with Gasteiger partial charge in [-0.25, -0.2) is 4.98 Å². The molecule has 1 aromatic heterocycles. The number of benzene rings is 3. The Morgan fingerprint density at radius 1 is 0.844 bits per heavy atom. The zero-order valence-electron chi connectivity index (χ0n) is 17.1. The van der Waals surface area contributed by atoms with Gasteiger partial charge >= 0.3 is 0 Å². The number of imidazole rings is 1. The lowest BCUT2D eigenvalue weighted by molar-refractivity contribution is -0.117. The quantitative estimate of drug-likeness (QED) is 0.360. The Morgan fingerprint density at radius 2 is 1.56 bits per heavy atom. The number of primary amides is 1. The summed E-state index contributed by atoms with van der Waals surface area (Å²) in [5.74, 6) is -0.938. The van der Waals surface area contributed by atoms with Crippen molar-refractivity contribution in [2.45, 2.75) is 12.8 Å². The van der Waals surface area contributed by atoms with Crippen molar-refractivity contribution in [3.63, 3.8) is 0 Å². The number of carbonyl (C=O) groups excluding carboxylic acids is 3. The molecule has 4 aromatic rings. The molecule has 0 radical (unpaired) electrons. The number of aryl methyl sites for hydroxylation is 1. The fraction of sp³-hybridized carbons (Fsp3) is 0.0833. The topological polar surface area (TPSA) is 130 Å². The van der Waals surface area contributed by atoms with Crippen LogP contribution in [0.25, 0.3) is 11.0 Å². The number of H-pyrrole nitrogens is 1. The van der Waals surface area contributed by atoms with E-state index in [0.717, 1.165) is 16.6 Å². The van der Waals surface area contributed by atoms with Crippen molar-refractivity contribution in [2.75, 3.05) is 10.6 Å². The first-order chi connectivity index (χ1) is 15.5. The highest BCUT2D eigenvalue weighted by atomic mass is 16.2. The van der Waals surface area contributed by atoms with Gasteiger partial charge in [-0.2, -0.15) is 0 Å². The Kier molecular flexibility index (Phi) is 5.94. The molecule has 0 saturated heterocycles. The zero-order chi connectivity index (χ0) is 22.5. The molecule has 0 fully saturated rings. The lowest BCUT2D eigenvalue weighted by atomic mass is 10.1. The standard InChI is InChI=1S/C24H21N5O3/c25-22(30)11-6-15-4-8-18(9-5-15)28-23(31)16-2-1-3-19(12-16)29-24(32)17-7-10-20-21(13-17)27-14-26-20/h1-5,7-10,12-14H,6,11H2,(H2,25,30)(H,26,27)(H,28,31)(H,29,32). The van der Waals surface area contributed by atoms with Crippen LogP contribution < -0.4 is 16.4 Å². The Balaban J connectivity index is 1.41. The Hall–Kier alpha value is -4.46. The summed E-state index contributed by atoms with van der Waals surface area (Å²) in [6.07, 6.45) is 2.40. The first-order valence-electron chi connectivity index (χ1n) is 10.0. The molecule has 0 aliphatic carbocycles. The van der Waals surface area contributed by atoms with Crippen LogP contribution in [0.5, 0.6) is 0 Å². The summed E-state index contributed by atoms with van der Waals surface area (Å²) in [6.45, 7) is 0. The van der Waals surface area contributed by atoms with Crippen molar-refractivity contribution in [3.8, 4) is 0 Å². The van der Waals surface area contributed by atoms with Crippen LogP contribution in [-0.2, 0) is 11.2 Å². The summed E-state index contributed by atoms with van der Waals surface area (Å²) >= 11 is 0. The predicted molar refractivity (Wildman–Crippen MR) is 122 cm³/mol. The number of hydrogen-bond donors (Lipinski definition) is 4. The van der Waals surface area contributed by atoms with Crippen molar-refractivity contribution in [1.29, 1.82) is 0 Å². The maximum absolute atomic E-state index is 12.6. The van der Waals surface area contributed by atoms with Gasteiger partial charge in [-0.1, -0.05) is 18.2 Å². The SMILES string of the molecule is NC(=O)CCc1ccc(NC(=O)c2cccc(NC(=O)c3ccc4nc[nH]c4c3)c2)cc1. The van der Waals surface area contributed by atoms with Gasteiger partial charge in [0.25, 0.3) is 11.8 Å². The van der Waals surface area contributed by atoms with Crippen molar-refractivity contribution < 1.29 is 14.4 Å². The van der Waals surface area contributed by atoms with Crippen LogP contribution in [0.1, 0.15) is 32.7 Å². The number of anilines is 2. The van der Waals surface area contributed by atoms with E-state index < -0.39 is 0 Å². The zero-order valence-corrected chi connectivity index (χ0v) is 17.1. The van der Waals surface area contributed by atoms with Gasteiger partial charge in [0.1, 0.15) is 0 Å².